The van der Waals surface area contributed by atoms with Crippen LogP contribution in [0.5, 0.6) is 0 Å². The van der Waals surface area contributed by atoms with Crippen molar-refractivity contribution in [2.45, 2.75) is 38.6 Å². The fraction of sp³-hybridized carbons (Fsp3) is 0.571. The van der Waals surface area contributed by atoms with Crippen LogP contribution in [-0.4, -0.2) is 18.0 Å². The second-order valence-corrected chi connectivity index (χ2v) is 4.97. The van der Waals surface area contributed by atoms with Gasteiger partial charge in [-0.05, 0) is 45.3 Å². The van der Waals surface area contributed by atoms with E-state index in [1.165, 1.54) is 37.9 Å². The fourth-order valence-electron chi connectivity index (χ4n) is 2.48. The Labute approximate surface area is 105 Å². The lowest BCUT2D eigenvalue weighted by Gasteiger charge is -2.41. The first-order valence-electron chi connectivity index (χ1n) is 6.02. The van der Waals surface area contributed by atoms with E-state index in [9.17, 15) is 0 Å². The Morgan fingerprint density at radius 3 is 2.06 bits per heavy atom. The Hall–Kier alpha value is -0.530. The molecule has 0 saturated carbocycles. The van der Waals surface area contributed by atoms with Crippen LogP contribution in [0.2, 0.25) is 0 Å². The zero-order valence-corrected chi connectivity index (χ0v) is 11.1. The van der Waals surface area contributed by atoms with Crippen molar-refractivity contribution in [2.75, 3.05) is 13.1 Å². The van der Waals surface area contributed by atoms with E-state index < -0.39 is 0 Å². The average molecular weight is 240 g/mol. The summed E-state index contributed by atoms with van der Waals surface area (Å²) in [5, 5.41) is 0. The predicted octanol–water partition coefficient (Wildman–Crippen LogP) is 3.83. The van der Waals surface area contributed by atoms with E-state index in [-0.39, 0.29) is 17.9 Å². The summed E-state index contributed by atoms with van der Waals surface area (Å²) in [7, 11) is 0. The van der Waals surface area contributed by atoms with E-state index in [0.29, 0.717) is 0 Å². The number of hydrogen-bond donors (Lipinski definition) is 0. The van der Waals surface area contributed by atoms with Gasteiger partial charge < -0.3 is 0 Å². The summed E-state index contributed by atoms with van der Waals surface area (Å²) in [6.45, 7) is 7.19. The van der Waals surface area contributed by atoms with Crippen LogP contribution in [-0.2, 0) is 5.54 Å². The molecular formula is C14H22ClN. The van der Waals surface area contributed by atoms with Crippen molar-refractivity contribution < 1.29 is 0 Å². The van der Waals surface area contributed by atoms with Crippen LogP contribution in [0.3, 0.4) is 0 Å². The zero-order chi connectivity index (χ0) is 10.7. The molecular weight excluding hydrogens is 218 g/mol. The maximum Gasteiger partial charge on any atom is 0.0404 e. The normalized spacial score (nSPS) is 17.9. The number of rotatable bonds is 2. The van der Waals surface area contributed by atoms with Crippen molar-refractivity contribution in [3.8, 4) is 0 Å². The van der Waals surface area contributed by atoms with E-state index in [4.69, 9.17) is 0 Å². The summed E-state index contributed by atoms with van der Waals surface area (Å²) >= 11 is 0. The highest BCUT2D eigenvalue weighted by molar-refractivity contribution is 5.85. The molecule has 2 rings (SSSR count). The van der Waals surface area contributed by atoms with E-state index in [2.05, 4.69) is 49.1 Å². The molecule has 90 valence electrons. The van der Waals surface area contributed by atoms with E-state index in [1.807, 2.05) is 0 Å². The average Bonchev–Trinajstić information content (AvgIpc) is 2.31. The van der Waals surface area contributed by atoms with Gasteiger partial charge in [0.1, 0.15) is 0 Å². The zero-order valence-electron chi connectivity index (χ0n) is 10.3. The Balaban J connectivity index is 0.00000128. The van der Waals surface area contributed by atoms with Crippen LogP contribution in [0.25, 0.3) is 0 Å². The first-order chi connectivity index (χ1) is 7.21. The third kappa shape index (κ3) is 2.78. The Bertz CT molecular complexity index is 302. The van der Waals surface area contributed by atoms with Gasteiger partial charge in [0.2, 0.25) is 0 Å². The molecule has 0 spiro atoms. The van der Waals surface area contributed by atoms with Crippen molar-refractivity contribution in [3.05, 3.63) is 35.9 Å². The number of hydrogen-bond acceptors (Lipinski definition) is 1. The van der Waals surface area contributed by atoms with Gasteiger partial charge in [0, 0.05) is 5.54 Å². The number of halogens is 1. The highest BCUT2D eigenvalue weighted by atomic mass is 35.5. The first-order valence-corrected chi connectivity index (χ1v) is 6.02. The van der Waals surface area contributed by atoms with Crippen LogP contribution in [0, 0.1) is 0 Å². The third-order valence-corrected chi connectivity index (χ3v) is 3.63. The summed E-state index contributed by atoms with van der Waals surface area (Å²) in [6, 6.07) is 10.9. The lowest BCUT2D eigenvalue weighted by molar-refractivity contribution is 0.0943. The number of likely N-dealkylation sites (tertiary alicyclic amines) is 1. The smallest absolute Gasteiger partial charge is 0.0404 e. The van der Waals surface area contributed by atoms with Crippen molar-refractivity contribution >= 4 is 12.4 Å². The van der Waals surface area contributed by atoms with Crippen LogP contribution in [0.15, 0.2) is 30.3 Å². The summed E-state index contributed by atoms with van der Waals surface area (Å²) in [5.74, 6) is 0. The molecule has 1 saturated heterocycles. The van der Waals surface area contributed by atoms with Crippen molar-refractivity contribution in [3.63, 3.8) is 0 Å². The molecule has 2 heteroatoms. The number of nitrogens with zero attached hydrogens (tertiary/aromatic N) is 1. The van der Waals surface area contributed by atoms with Crippen LogP contribution in [0.4, 0.5) is 0 Å². The van der Waals surface area contributed by atoms with Gasteiger partial charge in [-0.1, -0.05) is 36.8 Å². The summed E-state index contributed by atoms with van der Waals surface area (Å²) in [4.78, 5) is 2.62. The van der Waals surface area contributed by atoms with Gasteiger partial charge in [-0.2, -0.15) is 0 Å². The lowest BCUT2D eigenvalue weighted by atomic mass is 9.90. The van der Waals surface area contributed by atoms with Crippen molar-refractivity contribution in [2.24, 2.45) is 0 Å². The molecule has 1 fully saturated rings. The second kappa shape index (κ2) is 5.70. The molecule has 0 radical (unpaired) electrons. The molecule has 1 aliphatic heterocycles. The lowest BCUT2D eigenvalue weighted by Crippen LogP contribution is -2.44. The molecule has 1 aliphatic rings. The molecule has 1 nitrogen and oxygen atoms in total. The van der Waals surface area contributed by atoms with E-state index in [1.54, 1.807) is 0 Å². The molecule has 0 aliphatic carbocycles. The quantitative estimate of drug-likeness (QED) is 0.758. The molecule has 0 aromatic heterocycles. The van der Waals surface area contributed by atoms with Gasteiger partial charge in [0.05, 0.1) is 0 Å². The highest BCUT2D eigenvalue weighted by Crippen LogP contribution is 2.29. The molecule has 1 aromatic carbocycles. The molecule has 16 heavy (non-hydrogen) atoms. The largest absolute Gasteiger partial charge is 0.294 e. The molecule has 0 amide bonds. The van der Waals surface area contributed by atoms with Gasteiger partial charge in [-0.15, -0.1) is 12.4 Å². The van der Waals surface area contributed by atoms with Gasteiger partial charge in [0.25, 0.3) is 0 Å². The van der Waals surface area contributed by atoms with E-state index in [0.717, 1.165) is 0 Å². The van der Waals surface area contributed by atoms with Crippen LogP contribution in [0.1, 0.15) is 38.7 Å². The summed E-state index contributed by atoms with van der Waals surface area (Å²) < 4.78 is 0. The minimum Gasteiger partial charge on any atom is -0.294 e. The Morgan fingerprint density at radius 2 is 1.50 bits per heavy atom. The topological polar surface area (TPSA) is 3.24 Å². The maximum atomic E-state index is 2.62. The fourth-order valence-corrected chi connectivity index (χ4v) is 2.48. The summed E-state index contributed by atoms with van der Waals surface area (Å²) in [6.07, 6.45) is 4.12. The maximum absolute atomic E-state index is 2.62. The number of piperidine rings is 1. The van der Waals surface area contributed by atoms with Crippen molar-refractivity contribution in [1.82, 2.24) is 4.90 Å². The monoisotopic (exact) mass is 239 g/mol. The van der Waals surface area contributed by atoms with E-state index >= 15 is 0 Å². The van der Waals surface area contributed by atoms with Crippen molar-refractivity contribution in [1.29, 1.82) is 0 Å². The van der Waals surface area contributed by atoms with Gasteiger partial charge >= 0.3 is 0 Å². The highest BCUT2D eigenvalue weighted by Gasteiger charge is 2.29. The number of benzene rings is 1. The molecule has 1 aromatic rings. The van der Waals surface area contributed by atoms with Crippen LogP contribution < -0.4 is 0 Å². The Kier molecular flexibility index (Phi) is 4.82. The van der Waals surface area contributed by atoms with Gasteiger partial charge in [0.15, 0.2) is 0 Å². The van der Waals surface area contributed by atoms with Gasteiger partial charge in [-0.3, -0.25) is 4.90 Å². The first kappa shape index (κ1) is 13.5. The Morgan fingerprint density at radius 1 is 0.938 bits per heavy atom. The minimum atomic E-state index is 0. The molecule has 0 atom stereocenters. The minimum absolute atomic E-state index is 0. The van der Waals surface area contributed by atoms with Gasteiger partial charge in [-0.25, -0.2) is 0 Å². The SMILES string of the molecule is CC(C)(c1ccccc1)N1CCCCC1.Cl. The molecule has 1 heterocycles. The summed E-state index contributed by atoms with van der Waals surface area (Å²) in [5.41, 5.74) is 1.63. The molecule has 0 N–H and O–H groups in total. The predicted molar refractivity (Wildman–Crippen MR) is 72.1 cm³/mol. The third-order valence-electron chi connectivity index (χ3n) is 3.63. The van der Waals surface area contributed by atoms with Crippen LogP contribution >= 0.6 is 12.4 Å². The standard InChI is InChI=1S/C14H21N.ClH/c1-14(2,13-9-5-3-6-10-13)15-11-7-4-8-12-15;/h3,5-6,9-10H,4,7-8,11-12H2,1-2H3;1H. The second-order valence-electron chi connectivity index (χ2n) is 4.97. The molecule has 0 bridgehead atoms. The molecule has 0 unspecified atom stereocenters.